The van der Waals surface area contributed by atoms with Gasteiger partial charge in [0.2, 0.25) is 15.9 Å². The summed E-state index contributed by atoms with van der Waals surface area (Å²) in [5, 5.41) is 0. The van der Waals surface area contributed by atoms with E-state index >= 15 is 0 Å². The molecule has 1 fully saturated rings. The van der Waals surface area contributed by atoms with E-state index in [1.54, 1.807) is 4.90 Å². The Morgan fingerprint density at radius 1 is 1.30 bits per heavy atom. The van der Waals surface area contributed by atoms with Crippen LogP contribution >= 0.6 is 0 Å². The first-order valence-electron chi connectivity index (χ1n) is 6.47. The molecule has 1 aliphatic rings. The molecule has 110 valence electrons. The van der Waals surface area contributed by atoms with E-state index in [1.165, 1.54) is 25.1 Å². The number of nitrogens with one attached hydrogen (secondary N) is 1. The number of hydrogen-bond acceptors (Lipinski definition) is 3. The lowest BCUT2D eigenvalue weighted by molar-refractivity contribution is -0.131. The lowest BCUT2D eigenvalue weighted by atomic mass is 10.3. The molecule has 0 radical (unpaired) electrons. The van der Waals surface area contributed by atoms with E-state index in [1.807, 2.05) is 0 Å². The largest absolute Gasteiger partial charge is 0.341 e. The fourth-order valence-corrected chi connectivity index (χ4v) is 3.50. The van der Waals surface area contributed by atoms with Crippen molar-refractivity contribution in [3.05, 3.63) is 30.1 Å². The van der Waals surface area contributed by atoms with Crippen LogP contribution in [0.3, 0.4) is 0 Å². The van der Waals surface area contributed by atoms with Crippen molar-refractivity contribution in [3.63, 3.8) is 0 Å². The van der Waals surface area contributed by atoms with Crippen LogP contribution in [0, 0.1) is 5.82 Å². The fourth-order valence-electron chi connectivity index (χ4n) is 2.22. The zero-order chi connectivity index (χ0) is 14.8. The van der Waals surface area contributed by atoms with E-state index in [-0.39, 0.29) is 5.91 Å². The number of likely N-dealkylation sites (tertiary alicyclic amines) is 1. The molecule has 0 saturated carbocycles. The van der Waals surface area contributed by atoms with Gasteiger partial charge in [-0.2, -0.15) is 4.72 Å². The highest BCUT2D eigenvalue weighted by Crippen LogP contribution is 2.15. The van der Waals surface area contributed by atoms with Gasteiger partial charge in [0.15, 0.2) is 0 Å². The van der Waals surface area contributed by atoms with Crippen LogP contribution in [-0.2, 0) is 14.8 Å². The third kappa shape index (κ3) is 3.16. The van der Waals surface area contributed by atoms with Gasteiger partial charge in [0.05, 0.1) is 6.04 Å². The average molecular weight is 300 g/mol. The van der Waals surface area contributed by atoms with Crippen LogP contribution in [0.15, 0.2) is 29.2 Å². The molecule has 1 aromatic rings. The molecule has 7 heteroatoms. The Kier molecular flexibility index (Phi) is 4.39. The molecule has 1 N–H and O–H groups in total. The summed E-state index contributed by atoms with van der Waals surface area (Å²) in [6.07, 6.45) is 1.86. The molecule has 1 amide bonds. The zero-order valence-electron chi connectivity index (χ0n) is 11.2. The van der Waals surface area contributed by atoms with Gasteiger partial charge in [-0.25, -0.2) is 12.8 Å². The Balaban J connectivity index is 2.12. The lowest BCUT2D eigenvalue weighted by Gasteiger charge is -2.21. The normalized spacial score (nSPS) is 17.2. The minimum absolute atomic E-state index is 0.276. The molecule has 0 spiro atoms. The van der Waals surface area contributed by atoms with Gasteiger partial charge in [0.1, 0.15) is 10.7 Å². The van der Waals surface area contributed by atoms with Crippen LogP contribution in [0.1, 0.15) is 19.8 Å². The Hall–Kier alpha value is -1.47. The SMILES string of the molecule is C[C@H](NS(=O)(=O)c1ccccc1F)C(=O)N1CCCC1. The van der Waals surface area contributed by atoms with Gasteiger partial charge in [0, 0.05) is 13.1 Å². The maximum Gasteiger partial charge on any atom is 0.244 e. The predicted molar refractivity (Wildman–Crippen MR) is 72.0 cm³/mol. The van der Waals surface area contributed by atoms with Gasteiger partial charge in [-0.1, -0.05) is 12.1 Å². The Morgan fingerprint density at radius 2 is 1.90 bits per heavy atom. The van der Waals surface area contributed by atoms with Gasteiger partial charge in [0.25, 0.3) is 0 Å². The summed E-state index contributed by atoms with van der Waals surface area (Å²) in [4.78, 5) is 13.2. The zero-order valence-corrected chi connectivity index (χ0v) is 12.0. The third-order valence-electron chi connectivity index (χ3n) is 3.25. The molecular weight excluding hydrogens is 283 g/mol. The van der Waals surface area contributed by atoms with Crippen molar-refractivity contribution in [2.75, 3.05) is 13.1 Å². The highest BCUT2D eigenvalue weighted by Gasteiger charge is 2.28. The maximum absolute atomic E-state index is 13.5. The number of hydrogen-bond donors (Lipinski definition) is 1. The summed E-state index contributed by atoms with van der Waals surface area (Å²) < 4.78 is 39.9. The summed E-state index contributed by atoms with van der Waals surface area (Å²) in [6.45, 7) is 2.76. The van der Waals surface area contributed by atoms with Gasteiger partial charge in [-0.05, 0) is 31.9 Å². The van der Waals surface area contributed by atoms with Crippen LogP contribution in [0.2, 0.25) is 0 Å². The number of sulfonamides is 1. The van der Waals surface area contributed by atoms with Crippen LogP contribution in [0.5, 0.6) is 0 Å². The Labute approximate surface area is 117 Å². The maximum atomic E-state index is 13.5. The number of amides is 1. The lowest BCUT2D eigenvalue weighted by Crippen LogP contribution is -2.46. The number of halogens is 1. The molecule has 20 heavy (non-hydrogen) atoms. The van der Waals surface area contributed by atoms with Crippen molar-refractivity contribution < 1.29 is 17.6 Å². The first kappa shape index (κ1) is 14.9. The molecule has 0 unspecified atom stereocenters. The minimum atomic E-state index is -4.04. The topological polar surface area (TPSA) is 66.5 Å². The van der Waals surface area contributed by atoms with Crippen molar-refractivity contribution in [3.8, 4) is 0 Å². The number of rotatable bonds is 4. The van der Waals surface area contributed by atoms with E-state index in [0.29, 0.717) is 13.1 Å². The third-order valence-corrected chi connectivity index (χ3v) is 4.82. The fraction of sp³-hybridized carbons (Fsp3) is 0.462. The first-order chi connectivity index (χ1) is 9.42. The predicted octanol–water partition coefficient (Wildman–Crippen LogP) is 1.11. The van der Waals surface area contributed by atoms with E-state index in [2.05, 4.69) is 4.72 Å². The molecule has 0 bridgehead atoms. The second-order valence-corrected chi connectivity index (χ2v) is 6.49. The smallest absolute Gasteiger partial charge is 0.244 e. The Bertz CT molecular complexity index is 597. The van der Waals surface area contributed by atoms with Crippen molar-refractivity contribution in [1.29, 1.82) is 0 Å². The standard InChI is InChI=1S/C13H17FN2O3S/c1-10(13(17)16-8-4-5-9-16)15-20(18,19)12-7-3-2-6-11(12)14/h2-3,6-7,10,15H,4-5,8-9H2,1H3/t10-/m0/s1. The van der Waals surface area contributed by atoms with Crippen LogP contribution < -0.4 is 4.72 Å². The van der Waals surface area contributed by atoms with Crippen molar-refractivity contribution in [2.45, 2.75) is 30.7 Å². The number of carbonyl (C=O) groups is 1. The molecule has 1 aliphatic heterocycles. The van der Waals surface area contributed by atoms with Crippen molar-refractivity contribution in [1.82, 2.24) is 9.62 Å². The van der Waals surface area contributed by atoms with Crippen LogP contribution in [-0.4, -0.2) is 38.4 Å². The summed E-state index contributed by atoms with van der Waals surface area (Å²) in [6, 6.07) is 4.18. The van der Waals surface area contributed by atoms with E-state index in [0.717, 1.165) is 18.9 Å². The highest BCUT2D eigenvalue weighted by atomic mass is 32.2. The van der Waals surface area contributed by atoms with Gasteiger partial charge >= 0.3 is 0 Å². The monoisotopic (exact) mass is 300 g/mol. The highest BCUT2D eigenvalue weighted by molar-refractivity contribution is 7.89. The molecule has 5 nitrogen and oxygen atoms in total. The van der Waals surface area contributed by atoms with Gasteiger partial charge in [-0.3, -0.25) is 4.79 Å². The molecule has 0 aliphatic carbocycles. The first-order valence-corrected chi connectivity index (χ1v) is 7.96. The number of nitrogens with zero attached hydrogens (tertiary/aromatic N) is 1. The Morgan fingerprint density at radius 3 is 2.50 bits per heavy atom. The van der Waals surface area contributed by atoms with Gasteiger partial charge in [-0.15, -0.1) is 0 Å². The van der Waals surface area contributed by atoms with Crippen molar-refractivity contribution in [2.24, 2.45) is 0 Å². The molecule has 2 rings (SSSR count). The molecular formula is C13H17FN2O3S. The number of carbonyl (C=O) groups excluding carboxylic acids is 1. The second kappa shape index (κ2) is 5.88. The quantitative estimate of drug-likeness (QED) is 0.906. The molecule has 1 heterocycles. The van der Waals surface area contributed by atoms with Gasteiger partial charge < -0.3 is 4.90 Å². The molecule has 1 aromatic carbocycles. The van der Waals surface area contributed by atoms with E-state index in [4.69, 9.17) is 0 Å². The average Bonchev–Trinajstić information content (AvgIpc) is 2.91. The molecule has 1 saturated heterocycles. The summed E-state index contributed by atoms with van der Waals surface area (Å²) in [5.74, 6) is -1.11. The van der Waals surface area contributed by atoms with Crippen LogP contribution in [0.25, 0.3) is 0 Å². The number of benzene rings is 1. The summed E-state index contributed by atoms with van der Waals surface area (Å²) >= 11 is 0. The van der Waals surface area contributed by atoms with E-state index in [9.17, 15) is 17.6 Å². The summed E-state index contributed by atoms with van der Waals surface area (Å²) in [7, 11) is -4.04. The minimum Gasteiger partial charge on any atom is -0.341 e. The van der Waals surface area contributed by atoms with Crippen LogP contribution in [0.4, 0.5) is 4.39 Å². The molecule has 0 aromatic heterocycles. The summed E-state index contributed by atoms with van der Waals surface area (Å²) in [5.41, 5.74) is 0. The van der Waals surface area contributed by atoms with Crippen molar-refractivity contribution >= 4 is 15.9 Å². The molecule has 1 atom stereocenters. The second-order valence-electron chi connectivity index (χ2n) is 4.81. The van der Waals surface area contributed by atoms with E-state index < -0.39 is 26.8 Å².